The van der Waals surface area contributed by atoms with Crippen LogP contribution in [0.3, 0.4) is 0 Å². The Kier molecular flexibility index (Phi) is 3.31. The van der Waals surface area contributed by atoms with Crippen molar-refractivity contribution in [1.82, 2.24) is 20.1 Å². The lowest BCUT2D eigenvalue weighted by Crippen LogP contribution is -2.06. The summed E-state index contributed by atoms with van der Waals surface area (Å²) in [4.78, 5) is 4.10. The molecule has 2 rings (SSSR count). The van der Waals surface area contributed by atoms with Crippen LogP contribution >= 0.6 is 11.8 Å². The number of nitrogens with one attached hydrogen (secondary N) is 1. The smallest absolute Gasteiger partial charge is 0.261 e. The highest BCUT2D eigenvalue weighted by Gasteiger charge is 2.15. The molecule has 0 aliphatic heterocycles. The fourth-order valence-electron chi connectivity index (χ4n) is 1.53. The van der Waals surface area contributed by atoms with Crippen molar-refractivity contribution in [3.63, 3.8) is 0 Å². The Balaban J connectivity index is 2.31. The predicted octanol–water partition coefficient (Wildman–Crippen LogP) is 1.59. The van der Waals surface area contributed by atoms with Crippen molar-refractivity contribution in [3.8, 4) is 0 Å². The highest BCUT2D eigenvalue weighted by atomic mass is 32.2. The lowest BCUT2D eigenvalue weighted by Gasteiger charge is -2.02. The average molecular weight is 238 g/mol. The Bertz CT molecular complexity index is 463. The third kappa shape index (κ3) is 2.12. The lowest BCUT2D eigenvalue weighted by molar-refractivity contribution is 0.453. The normalized spacial score (nSPS) is 10.9. The molecule has 1 N–H and O–H groups in total. The van der Waals surface area contributed by atoms with Crippen molar-refractivity contribution in [2.75, 3.05) is 7.05 Å². The summed E-state index contributed by atoms with van der Waals surface area (Å²) in [6, 6.07) is 0. The van der Waals surface area contributed by atoms with Gasteiger partial charge < -0.3 is 9.73 Å². The Morgan fingerprint density at radius 1 is 1.56 bits per heavy atom. The van der Waals surface area contributed by atoms with E-state index in [1.165, 1.54) is 17.3 Å². The third-order valence-electron chi connectivity index (χ3n) is 2.24. The summed E-state index contributed by atoms with van der Waals surface area (Å²) in [7, 11) is 3.85. The van der Waals surface area contributed by atoms with Gasteiger partial charge >= 0.3 is 0 Å². The Labute approximate surface area is 98.2 Å². The number of aromatic nitrogens is 3. The molecule has 6 heteroatoms. The van der Waals surface area contributed by atoms with E-state index in [0.29, 0.717) is 5.22 Å². The van der Waals surface area contributed by atoms with Crippen LogP contribution in [0.4, 0.5) is 0 Å². The monoisotopic (exact) mass is 238 g/mol. The van der Waals surface area contributed by atoms with E-state index in [9.17, 15) is 0 Å². The SMILES string of the molecule is CNCc1c(C)nn(C)c1Sc1ncco1. The fourth-order valence-corrected chi connectivity index (χ4v) is 2.43. The van der Waals surface area contributed by atoms with Gasteiger partial charge in [-0.3, -0.25) is 4.68 Å². The molecule has 86 valence electrons. The van der Waals surface area contributed by atoms with E-state index in [2.05, 4.69) is 15.4 Å². The second-order valence-electron chi connectivity index (χ2n) is 3.42. The Morgan fingerprint density at radius 3 is 3.00 bits per heavy atom. The van der Waals surface area contributed by atoms with Crippen LogP contribution in [0.1, 0.15) is 11.3 Å². The van der Waals surface area contributed by atoms with Crippen molar-refractivity contribution in [2.45, 2.75) is 23.7 Å². The van der Waals surface area contributed by atoms with Gasteiger partial charge in [0.1, 0.15) is 11.3 Å². The zero-order valence-corrected chi connectivity index (χ0v) is 10.3. The zero-order valence-electron chi connectivity index (χ0n) is 9.52. The van der Waals surface area contributed by atoms with E-state index in [0.717, 1.165) is 17.3 Å². The van der Waals surface area contributed by atoms with Crippen molar-refractivity contribution in [2.24, 2.45) is 7.05 Å². The second kappa shape index (κ2) is 4.71. The van der Waals surface area contributed by atoms with Gasteiger partial charge in [0, 0.05) is 19.2 Å². The molecule has 5 nitrogen and oxygen atoms in total. The minimum absolute atomic E-state index is 0.639. The first-order valence-corrected chi connectivity index (χ1v) is 5.78. The summed E-state index contributed by atoms with van der Waals surface area (Å²) in [6.07, 6.45) is 3.21. The molecule has 2 heterocycles. The van der Waals surface area contributed by atoms with Crippen LogP contribution < -0.4 is 5.32 Å². The van der Waals surface area contributed by atoms with Crippen LogP contribution in [0.2, 0.25) is 0 Å². The maximum Gasteiger partial charge on any atom is 0.261 e. The molecule has 0 aliphatic rings. The third-order valence-corrected chi connectivity index (χ3v) is 3.32. The molecule has 16 heavy (non-hydrogen) atoms. The fraction of sp³-hybridized carbons (Fsp3) is 0.400. The molecule has 0 aliphatic carbocycles. The van der Waals surface area contributed by atoms with Crippen molar-refractivity contribution in [1.29, 1.82) is 0 Å². The molecule has 0 saturated heterocycles. The molecule has 0 radical (unpaired) electrons. The first-order valence-electron chi connectivity index (χ1n) is 4.96. The van der Waals surface area contributed by atoms with Gasteiger partial charge in [-0.1, -0.05) is 0 Å². The van der Waals surface area contributed by atoms with Gasteiger partial charge in [0.2, 0.25) is 0 Å². The van der Waals surface area contributed by atoms with Gasteiger partial charge in [0.05, 0.1) is 11.9 Å². The molecule has 0 fully saturated rings. The summed E-state index contributed by atoms with van der Waals surface area (Å²) >= 11 is 1.49. The zero-order chi connectivity index (χ0) is 11.5. The molecule has 0 unspecified atom stereocenters. The van der Waals surface area contributed by atoms with E-state index in [4.69, 9.17) is 4.42 Å². The Hall–Kier alpha value is -1.27. The van der Waals surface area contributed by atoms with Gasteiger partial charge in [-0.05, 0) is 25.7 Å². The van der Waals surface area contributed by atoms with Crippen LogP contribution in [0.25, 0.3) is 0 Å². The van der Waals surface area contributed by atoms with Crippen LogP contribution in [-0.2, 0) is 13.6 Å². The molecule has 2 aromatic rings. The number of hydrogen-bond donors (Lipinski definition) is 1. The molecule has 2 aromatic heterocycles. The van der Waals surface area contributed by atoms with Gasteiger partial charge in [0.15, 0.2) is 0 Å². The standard InChI is InChI=1S/C10H14N4OS/c1-7-8(6-11-2)9(14(3)13-7)16-10-12-4-5-15-10/h4-5,11H,6H2,1-3H3. The highest BCUT2D eigenvalue weighted by Crippen LogP contribution is 2.30. The molecule has 0 atom stereocenters. The quantitative estimate of drug-likeness (QED) is 0.876. The second-order valence-corrected chi connectivity index (χ2v) is 4.36. The minimum atomic E-state index is 0.639. The average Bonchev–Trinajstić information content (AvgIpc) is 2.82. The number of oxazole rings is 1. The van der Waals surface area contributed by atoms with Crippen LogP contribution in [0.5, 0.6) is 0 Å². The van der Waals surface area contributed by atoms with Gasteiger partial charge in [-0.25, -0.2) is 4.98 Å². The molecule has 0 aromatic carbocycles. The van der Waals surface area contributed by atoms with Crippen molar-refractivity contribution in [3.05, 3.63) is 23.7 Å². The van der Waals surface area contributed by atoms with E-state index in [1.807, 2.05) is 25.7 Å². The number of hydrogen-bond acceptors (Lipinski definition) is 5. The summed E-state index contributed by atoms with van der Waals surface area (Å²) in [6.45, 7) is 2.80. The Morgan fingerprint density at radius 2 is 2.38 bits per heavy atom. The highest BCUT2D eigenvalue weighted by molar-refractivity contribution is 7.99. The van der Waals surface area contributed by atoms with Gasteiger partial charge in [0.25, 0.3) is 5.22 Å². The number of nitrogens with zero attached hydrogens (tertiary/aromatic N) is 3. The lowest BCUT2D eigenvalue weighted by atomic mass is 10.3. The molecule has 0 saturated carbocycles. The maximum absolute atomic E-state index is 5.23. The molecule has 0 bridgehead atoms. The summed E-state index contributed by atoms with van der Waals surface area (Å²) < 4.78 is 7.08. The van der Waals surface area contributed by atoms with Gasteiger partial charge in [-0.15, -0.1) is 0 Å². The predicted molar refractivity (Wildman–Crippen MR) is 61.3 cm³/mol. The summed E-state index contributed by atoms with van der Waals surface area (Å²) in [5.41, 5.74) is 2.22. The number of rotatable bonds is 4. The van der Waals surface area contributed by atoms with E-state index < -0.39 is 0 Å². The molecule has 0 amide bonds. The van der Waals surface area contributed by atoms with Crippen LogP contribution in [0, 0.1) is 6.92 Å². The van der Waals surface area contributed by atoms with E-state index in [1.54, 1.807) is 12.5 Å². The van der Waals surface area contributed by atoms with Crippen molar-refractivity contribution < 1.29 is 4.42 Å². The van der Waals surface area contributed by atoms with E-state index in [-0.39, 0.29) is 0 Å². The van der Waals surface area contributed by atoms with Gasteiger partial charge in [-0.2, -0.15) is 5.10 Å². The van der Waals surface area contributed by atoms with E-state index >= 15 is 0 Å². The topological polar surface area (TPSA) is 55.9 Å². The minimum Gasteiger partial charge on any atom is -0.440 e. The summed E-state index contributed by atoms with van der Waals surface area (Å²) in [5.74, 6) is 0. The van der Waals surface area contributed by atoms with Crippen molar-refractivity contribution >= 4 is 11.8 Å². The molecule has 0 spiro atoms. The first-order chi connectivity index (χ1) is 7.72. The largest absolute Gasteiger partial charge is 0.440 e. The molecular weight excluding hydrogens is 224 g/mol. The molecular formula is C10H14N4OS. The van der Waals surface area contributed by atoms with Crippen LogP contribution in [0.15, 0.2) is 27.1 Å². The maximum atomic E-state index is 5.23. The first kappa shape index (κ1) is 11.2. The summed E-state index contributed by atoms with van der Waals surface area (Å²) in [5, 5.41) is 9.24. The number of aryl methyl sites for hydroxylation is 2. The van der Waals surface area contributed by atoms with Crippen LogP contribution in [-0.4, -0.2) is 21.8 Å².